The van der Waals surface area contributed by atoms with Crippen LogP contribution in [0.5, 0.6) is 0 Å². The number of ether oxygens (including phenoxy) is 1. The molecule has 0 spiro atoms. The van der Waals surface area contributed by atoms with Gasteiger partial charge in [-0.15, -0.1) is 11.3 Å². The summed E-state index contributed by atoms with van der Waals surface area (Å²) in [7, 11) is 0. The highest BCUT2D eigenvalue weighted by Gasteiger charge is 2.44. The Hall–Kier alpha value is -2.99. The topological polar surface area (TPSA) is 80.7 Å². The lowest BCUT2D eigenvalue weighted by Crippen LogP contribution is -2.34. The summed E-state index contributed by atoms with van der Waals surface area (Å²) in [6.07, 6.45) is -0.0860. The van der Waals surface area contributed by atoms with E-state index in [-0.39, 0.29) is 41.5 Å². The number of Topliss-reactive ketones (excluding diaryl/α,β-unsaturated/α-hetero) is 2. The van der Waals surface area contributed by atoms with Crippen molar-refractivity contribution in [2.75, 3.05) is 6.61 Å². The first-order chi connectivity index (χ1) is 13.0. The fraction of sp³-hybridized carbons (Fsp3) is 0.190. The van der Waals surface area contributed by atoms with Crippen LogP contribution in [0.2, 0.25) is 0 Å². The van der Waals surface area contributed by atoms with Crippen molar-refractivity contribution in [3.63, 3.8) is 0 Å². The van der Waals surface area contributed by atoms with Gasteiger partial charge in [-0.3, -0.25) is 9.59 Å². The molecule has 2 aliphatic carbocycles. The van der Waals surface area contributed by atoms with E-state index in [1.54, 1.807) is 43.3 Å². The van der Waals surface area contributed by atoms with E-state index in [2.05, 4.69) is 0 Å². The molecule has 1 atom stereocenters. The lowest BCUT2D eigenvalue weighted by atomic mass is 9.70. The van der Waals surface area contributed by atoms with E-state index < -0.39 is 11.9 Å². The summed E-state index contributed by atoms with van der Waals surface area (Å²) in [5.41, 5.74) is 1.24. The number of aliphatic hydroxyl groups is 1. The van der Waals surface area contributed by atoms with E-state index in [0.29, 0.717) is 21.6 Å². The standard InChI is InChI=1S/C21H16O5S/c1-2-26-21(25)17-14(22)10-13-16(18(17)15-8-5-9-27-15)20(24)12-7-4-3-6-11(12)19(13)23/h3-9,13,22H,2,10H2,1H3. The number of carbonyl (C=O) groups excluding carboxylic acids is 3. The molecular formula is C21H16O5S. The Bertz CT molecular complexity index is 1030. The van der Waals surface area contributed by atoms with Crippen LogP contribution < -0.4 is 0 Å². The van der Waals surface area contributed by atoms with Crippen LogP contribution in [0.1, 0.15) is 38.9 Å². The molecule has 1 heterocycles. The van der Waals surface area contributed by atoms with Crippen molar-refractivity contribution in [1.82, 2.24) is 0 Å². The predicted molar refractivity (Wildman–Crippen MR) is 101 cm³/mol. The van der Waals surface area contributed by atoms with E-state index in [9.17, 15) is 19.5 Å². The molecule has 4 rings (SSSR count). The Kier molecular flexibility index (Phi) is 4.28. The molecule has 136 valence electrons. The molecule has 0 amide bonds. The van der Waals surface area contributed by atoms with Gasteiger partial charge in [-0.05, 0) is 18.4 Å². The second-order valence-electron chi connectivity index (χ2n) is 6.30. The predicted octanol–water partition coefficient (Wildman–Crippen LogP) is 3.98. The number of aliphatic hydroxyl groups excluding tert-OH is 1. The number of allylic oxidation sites excluding steroid dienone is 2. The maximum Gasteiger partial charge on any atom is 0.342 e. The monoisotopic (exact) mass is 380 g/mol. The molecule has 1 aromatic heterocycles. The molecule has 2 aliphatic rings. The largest absolute Gasteiger partial charge is 0.511 e. The van der Waals surface area contributed by atoms with Gasteiger partial charge in [0.15, 0.2) is 11.6 Å². The molecule has 27 heavy (non-hydrogen) atoms. The average molecular weight is 380 g/mol. The second-order valence-corrected chi connectivity index (χ2v) is 7.25. The fourth-order valence-electron chi connectivity index (χ4n) is 3.67. The smallest absolute Gasteiger partial charge is 0.342 e. The Morgan fingerprint density at radius 2 is 1.93 bits per heavy atom. The summed E-state index contributed by atoms with van der Waals surface area (Å²) < 4.78 is 5.11. The Labute approximate surface area is 159 Å². The van der Waals surface area contributed by atoms with E-state index in [0.717, 1.165) is 0 Å². The fourth-order valence-corrected chi connectivity index (χ4v) is 4.47. The SMILES string of the molecule is CCOC(=O)C1=C(O)CC2C(=O)c3ccccc3C(=O)C2=C1c1cccs1. The van der Waals surface area contributed by atoms with Crippen LogP contribution in [0.15, 0.2) is 58.7 Å². The summed E-state index contributed by atoms with van der Waals surface area (Å²) in [4.78, 5) is 39.5. The van der Waals surface area contributed by atoms with E-state index in [1.165, 1.54) is 11.3 Å². The highest BCUT2D eigenvalue weighted by Crippen LogP contribution is 2.46. The summed E-state index contributed by atoms with van der Waals surface area (Å²) in [5, 5.41) is 12.4. The van der Waals surface area contributed by atoms with Gasteiger partial charge in [0.1, 0.15) is 11.3 Å². The molecule has 1 unspecified atom stereocenters. The molecule has 0 radical (unpaired) electrons. The third-order valence-electron chi connectivity index (χ3n) is 4.80. The van der Waals surface area contributed by atoms with E-state index in [4.69, 9.17) is 4.74 Å². The number of hydrogen-bond donors (Lipinski definition) is 1. The van der Waals surface area contributed by atoms with Crippen molar-refractivity contribution in [1.29, 1.82) is 0 Å². The van der Waals surface area contributed by atoms with Gasteiger partial charge >= 0.3 is 5.97 Å². The minimum Gasteiger partial charge on any atom is -0.511 e. The number of carbonyl (C=O) groups is 3. The number of thiophene rings is 1. The summed E-state index contributed by atoms with van der Waals surface area (Å²) >= 11 is 1.34. The first kappa shape index (κ1) is 17.4. The van der Waals surface area contributed by atoms with Crippen LogP contribution in [-0.4, -0.2) is 29.2 Å². The quantitative estimate of drug-likeness (QED) is 0.815. The molecule has 0 saturated heterocycles. The molecule has 6 heteroatoms. The zero-order chi connectivity index (χ0) is 19.1. The van der Waals surface area contributed by atoms with Gasteiger partial charge in [-0.2, -0.15) is 0 Å². The maximum atomic E-state index is 13.3. The Morgan fingerprint density at radius 3 is 2.59 bits per heavy atom. The number of benzene rings is 1. The first-order valence-electron chi connectivity index (χ1n) is 8.60. The summed E-state index contributed by atoms with van der Waals surface area (Å²) in [6, 6.07) is 10.2. The summed E-state index contributed by atoms with van der Waals surface area (Å²) in [5.74, 6) is -2.21. The molecule has 1 N–H and O–H groups in total. The molecule has 0 fully saturated rings. The lowest BCUT2D eigenvalue weighted by molar-refractivity contribution is -0.138. The van der Waals surface area contributed by atoms with Crippen LogP contribution in [0.25, 0.3) is 5.57 Å². The van der Waals surface area contributed by atoms with Crippen LogP contribution in [-0.2, 0) is 9.53 Å². The Morgan fingerprint density at radius 1 is 1.19 bits per heavy atom. The average Bonchev–Trinajstić information content (AvgIpc) is 3.19. The van der Waals surface area contributed by atoms with Gasteiger partial charge in [0, 0.05) is 33.6 Å². The highest BCUT2D eigenvalue weighted by molar-refractivity contribution is 7.11. The zero-order valence-corrected chi connectivity index (χ0v) is 15.3. The number of ketones is 2. The molecule has 0 bridgehead atoms. The number of fused-ring (bicyclic) bond motifs is 2. The van der Waals surface area contributed by atoms with Crippen molar-refractivity contribution in [2.24, 2.45) is 5.92 Å². The normalized spacial score (nSPS) is 19.1. The minimum absolute atomic E-state index is 0.0221. The van der Waals surface area contributed by atoms with Crippen molar-refractivity contribution < 1.29 is 24.2 Å². The maximum absolute atomic E-state index is 13.3. The summed E-state index contributed by atoms with van der Waals surface area (Å²) in [6.45, 7) is 1.81. The number of hydrogen-bond acceptors (Lipinski definition) is 6. The van der Waals surface area contributed by atoms with Gasteiger partial charge in [-0.25, -0.2) is 4.79 Å². The van der Waals surface area contributed by atoms with Gasteiger partial charge in [0.05, 0.1) is 12.5 Å². The number of esters is 1. The molecule has 5 nitrogen and oxygen atoms in total. The number of rotatable bonds is 3. The van der Waals surface area contributed by atoms with Gasteiger partial charge in [0.2, 0.25) is 0 Å². The first-order valence-corrected chi connectivity index (χ1v) is 9.48. The van der Waals surface area contributed by atoms with Crippen molar-refractivity contribution in [3.05, 3.63) is 74.7 Å². The van der Waals surface area contributed by atoms with Crippen LogP contribution in [0.3, 0.4) is 0 Å². The lowest BCUT2D eigenvalue weighted by Gasteiger charge is -2.31. The third-order valence-corrected chi connectivity index (χ3v) is 5.69. The van der Waals surface area contributed by atoms with Gasteiger partial charge < -0.3 is 9.84 Å². The van der Waals surface area contributed by atoms with Crippen LogP contribution in [0.4, 0.5) is 0 Å². The van der Waals surface area contributed by atoms with Gasteiger partial charge in [0.25, 0.3) is 0 Å². The molecule has 0 saturated carbocycles. The Balaban J connectivity index is 2.01. The zero-order valence-electron chi connectivity index (χ0n) is 14.5. The highest BCUT2D eigenvalue weighted by atomic mass is 32.1. The molecule has 0 aliphatic heterocycles. The third kappa shape index (κ3) is 2.64. The van der Waals surface area contributed by atoms with Crippen molar-refractivity contribution >= 4 is 34.4 Å². The molecule has 2 aromatic rings. The minimum atomic E-state index is -0.803. The van der Waals surface area contributed by atoms with Crippen LogP contribution in [0, 0.1) is 5.92 Å². The molecule has 1 aromatic carbocycles. The molecular weight excluding hydrogens is 364 g/mol. The van der Waals surface area contributed by atoms with E-state index >= 15 is 0 Å². The van der Waals surface area contributed by atoms with E-state index in [1.807, 2.05) is 5.38 Å². The van der Waals surface area contributed by atoms with Gasteiger partial charge in [-0.1, -0.05) is 30.3 Å². The van der Waals surface area contributed by atoms with Crippen molar-refractivity contribution in [2.45, 2.75) is 13.3 Å². The van der Waals surface area contributed by atoms with Crippen LogP contribution >= 0.6 is 11.3 Å². The second kappa shape index (κ2) is 6.63. The van der Waals surface area contributed by atoms with Crippen molar-refractivity contribution in [3.8, 4) is 0 Å².